The zero-order chi connectivity index (χ0) is 43.2. The van der Waals surface area contributed by atoms with Crippen LogP contribution < -0.4 is 10.6 Å². The Morgan fingerprint density at radius 2 is 0.448 bits per heavy atom. The molecule has 5 heteroatoms. The van der Waals surface area contributed by atoms with Crippen LogP contribution in [-0.4, -0.2) is 65.8 Å². The van der Waals surface area contributed by atoms with E-state index in [0.717, 1.165) is 64.6 Å². The number of hydrogen-bond donors (Lipinski definition) is 2. The molecule has 4 heterocycles. The second kappa shape index (κ2) is 112. The van der Waals surface area contributed by atoms with Crippen molar-refractivity contribution in [3.8, 4) is 0 Å². The predicted octanol–water partition coefficient (Wildman–Crippen LogP) is 18.7. The average Bonchev–Trinajstić information content (AvgIpc) is 3.64. The van der Waals surface area contributed by atoms with Gasteiger partial charge in [0, 0.05) is 39.5 Å². The van der Waals surface area contributed by atoms with Crippen molar-refractivity contribution in [1.82, 2.24) is 10.6 Å². The lowest BCUT2D eigenvalue weighted by Crippen LogP contribution is -2.30. The fourth-order valence-electron chi connectivity index (χ4n) is 3.22. The molecule has 0 aromatic rings. The minimum absolute atomic E-state index is 0. The number of rotatable bonds is 0. The van der Waals surface area contributed by atoms with Crippen molar-refractivity contribution in [2.75, 3.05) is 65.8 Å². The highest BCUT2D eigenvalue weighted by Crippen LogP contribution is 2.15. The summed E-state index contributed by atoms with van der Waals surface area (Å²) >= 11 is 0. The van der Waals surface area contributed by atoms with Gasteiger partial charge < -0.3 is 24.8 Å². The molecule has 6 aliphatic rings. The molecule has 0 amide bonds. The van der Waals surface area contributed by atoms with Crippen LogP contribution in [0.4, 0.5) is 0 Å². The van der Waals surface area contributed by atoms with E-state index in [1.807, 2.05) is 27.7 Å². The highest BCUT2D eigenvalue weighted by molar-refractivity contribution is 4.55. The molecule has 6 fully saturated rings. The zero-order valence-electron chi connectivity index (χ0n) is 41.9. The van der Waals surface area contributed by atoms with Crippen LogP contribution in [0.15, 0.2) is 0 Å². The van der Waals surface area contributed by atoms with Crippen LogP contribution in [0.1, 0.15) is 276 Å². The van der Waals surface area contributed by atoms with E-state index >= 15 is 0 Å². The van der Waals surface area contributed by atoms with E-state index in [2.05, 4.69) is 108 Å². The second-order valence-electron chi connectivity index (χ2n) is 14.9. The first-order valence-electron chi connectivity index (χ1n) is 24.3. The summed E-state index contributed by atoms with van der Waals surface area (Å²) in [4.78, 5) is 0. The van der Waals surface area contributed by atoms with Crippen molar-refractivity contribution in [2.45, 2.75) is 276 Å². The zero-order valence-corrected chi connectivity index (χ0v) is 41.9. The van der Waals surface area contributed by atoms with E-state index in [9.17, 15) is 0 Å². The molecule has 6 rings (SSSR count). The Balaban J connectivity index is -0.0000000396. The number of hydrogen-bond acceptors (Lipinski definition) is 5. The average molecular weight is 846 g/mol. The summed E-state index contributed by atoms with van der Waals surface area (Å²) in [5, 5.41) is 6.38. The van der Waals surface area contributed by atoms with Gasteiger partial charge in [-0.1, -0.05) is 231 Å². The van der Waals surface area contributed by atoms with Crippen LogP contribution >= 0.6 is 0 Å². The topological polar surface area (TPSA) is 51.8 Å². The molecular weight excluding hydrogens is 713 g/mol. The lowest BCUT2D eigenvalue weighted by molar-refractivity contribution is 0.0968. The van der Waals surface area contributed by atoms with Crippen LogP contribution in [0.2, 0.25) is 0 Å². The van der Waals surface area contributed by atoms with E-state index in [1.54, 1.807) is 0 Å². The van der Waals surface area contributed by atoms with Crippen molar-refractivity contribution >= 4 is 0 Å². The highest BCUT2D eigenvalue weighted by atomic mass is 16.5. The summed E-state index contributed by atoms with van der Waals surface area (Å²) in [5.41, 5.74) is 0. The Morgan fingerprint density at radius 1 is 0.293 bits per heavy atom. The maximum Gasteiger partial charge on any atom is 0.0591 e. The Kier molecular flexibility index (Phi) is 171. The largest absolute Gasteiger partial charge is 0.381 e. The predicted molar refractivity (Wildman–Crippen MR) is 282 cm³/mol. The summed E-state index contributed by atoms with van der Waals surface area (Å²) in [6, 6.07) is 0. The quantitative estimate of drug-likeness (QED) is 0.254. The standard InChI is InChI=1S/C5H10O.C5H10.C4H9NO.C4H9N.C4H8O.2C4H10.C3H6.4C3H8.2C2H6.4CH4/c1-2-4-6-5-3-1;1-2-4-5-3-1;1-3-6-4-2-5-1;2*1-2-4-5-3-1;2*1-4(2)3;1-2-3-1;4*1-3-2;2*1-2;;;;/h1-5H2;1-5H2;5H,1-4H2;5H,1-4H2;1-4H2;2*4H,1-3H3;1-3H2;4*3H2,1-2H3;2*1-2H3;4*1H4. The van der Waals surface area contributed by atoms with Gasteiger partial charge in [0.05, 0.1) is 13.2 Å². The lowest BCUT2D eigenvalue weighted by Gasteiger charge is -2.10. The number of ether oxygens (including phenoxy) is 3. The van der Waals surface area contributed by atoms with E-state index < -0.39 is 0 Å². The maximum absolute atomic E-state index is 5.07. The van der Waals surface area contributed by atoms with Crippen LogP contribution in [0.3, 0.4) is 0 Å². The Labute approximate surface area is 377 Å². The SMILES string of the molecule is C.C.C.C.C1CC1.C1CCCC1.C1CCNC1.C1CCOC1.C1CCOCC1.C1COCCN1.CC.CC.CC(C)C.CC(C)C.CCC.CCC.CCC.CCC. The van der Waals surface area contributed by atoms with Gasteiger partial charge in [0.25, 0.3) is 0 Å². The second-order valence-corrected chi connectivity index (χ2v) is 14.9. The van der Waals surface area contributed by atoms with Gasteiger partial charge >= 0.3 is 0 Å². The summed E-state index contributed by atoms with van der Waals surface area (Å²) in [6.45, 7) is 48.3. The molecule has 2 N–H and O–H groups in total. The van der Waals surface area contributed by atoms with Crippen molar-refractivity contribution in [2.24, 2.45) is 11.8 Å². The van der Waals surface area contributed by atoms with Crippen LogP contribution in [0.25, 0.3) is 0 Å². The van der Waals surface area contributed by atoms with Gasteiger partial charge in [-0.15, -0.1) is 0 Å². The fourth-order valence-corrected chi connectivity index (χ4v) is 3.22. The molecule has 2 saturated carbocycles. The molecular formula is C53H132N2O3. The molecule has 58 heavy (non-hydrogen) atoms. The molecule has 4 saturated heterocycles. The van der Waals surface area contributed by atoms with E-state index in [1.165, 1.54) is 135 Å². The molecule has 0 unspecified atom stereocenters. The molecule has 0 atom stereocenters. The minimum atomic E-state index is 0. The molecule has 5 nitrogen and oxygen atoms in total. The first-order valence-corrected chi connectivity index (χ1v) is 24.3. The van der Waals surface area contributed by atoms with Gasteiger partial charge in [0.1, 0.15) is 0 Å². The van der Waals surface area contributed by atoms with Gasteiger partial charge in [-0.3, -0.25) is 0 Å². The van der Waals surface area contributed by atoms with Crippen molar-refractivity contribution in [1.29, 1.82) is 0 Å². The van der Waals surface area contributed by atoms with Crippen molar-refractivity contribution < 1.29 is 14.2 Å². The van der Waals surface area contributed by atoms with E-state index in [4.69, 9.17) is 14.2 Å². The Bertz CT molecular complexity index is 325. The molecule has 2 aliphatic carbocycles. The van der Waals surface area contributed by atoms with Gasteiger partial charge in [0.2, 0.25) is 0 Å². The molecule has 0 bridgehead atoms. The third-order valence-corrected chi connectivity index (χ3v) is 5.31. The van der Waals surface area contributed by atoms with Crippen LogP contribution in [-0.2, 0) is 14.2 Å². The van der Waals surface area contributed by atoms with E-state index in [0.29, 0.717) is 0 Å². The fraction of sp³-hybridized carbons (Fsp3) is 1.00. The van der Waals surface area contributed by atoms with Gasteiger partial charge in [-0.05, 0) is 69.9 Å². The lowest BCUT2D eigenvalue weighted by atomic mass is 10.2. The molecule has 0 radical (unpaired) electrons. The third-order valence-electron chi connectivity index (χ3n) is 5.31. The normalized spacial score (nSPS) is 15.1. The first-order chi connectivity index (χ1) is 26.1. The smallest absolute Gasteiger partial charge is 0.0591 e. The van der Waals surface area contributed by atoms with Gasteiger partial charge in [-0.2, -0.15) is 0 Å². The third kappa shape index (κ3) is 217. The number of nitrogens with one attached hydrogen (secondary N) is 2. The van der Waals surface area contributed by atoms with Gasteiger partial charge in [-0.25, -0.2) is 0 Å². The molecule has 0 spiro atoms. The first kappa shape index (κ1) is 88.9. The summed E-state index contributed by atoms with van der Waals surface area (Å²) in [5.74, 6) is 1.67. The van der Waals surface area contributed by atoms with Crippen LogP contribution in [0.5, 0.6) is 0 Å². The molecule has 0 aromatic heterocycles. The highest BCUT2D eigenvalue weighted by Gasteiger charge is 1.97. The molecule has 4 aliphatic heterocycles. The van der Waals surface area contributed by atoms with Crippen molar-refractivity contribution in [3.63, 3.8) is 0 Å². The van der Waals surface area contributed by atoms with E-state index in [-0.39, 0.29) is 29.7 Å². The minimum Gasteiger partial charge on any atom is -0.381 e. The Hall–Kier alpha value is -0.200. The summed E-state index contributed by atoms with van der Waals surface area (Å²) in [6.07, 6.45) is 26.3. The van der Waals surface area contributed by atoms with Crippen LogP contribution in [0, 0.1) is 11.8 Å². The summed E-state index contributed by atoms with van der Waals surface area (Å²) in [7, 11) is 0. The van der Waals surface area contributed by atoms with Crippen molar-refractivity contribution in [3.05, 3.63) is 0 Å². The maximum atomic E-state index is 5.07. The van der Waals surface area contributed by atoms with Gasteiger partial charge in [0.15, 0.2) is 0 Å². The Morgan fingerprint density at radius 3 is 0.534 bits per heavy atom. The summed E-state index contributed by atoms with van der Waals surface area (Å²) < 4.78 is 15.0. The monoisotopic (exact) mass is 845 g/mol. The molecule has 0 aromatic carbocycles. The molecule has 372 valence electrons. The number of morpholine rings is 1.